The van der Waals surface area contributed by atoms with Gasteiger partial charge in [-0.25, -0.2) is 8.42 Å². The van der Waals surface area contributed by atoms with Gasteiger partial charge < -0.3 is 5.11 Å². The summed E-state index contributed by atoms with van der Waals surface area (Å²) in [5, 5.41) is 10.4. The Bertz CT molecular complexity index is 359. The van der Waals surface area contributed by atoms with E-state index in [0.29, 0.717) is 12.8 Å². The number of likely N-dealkylation sites (tertiary alicyclic amines) is 1. The highest BCUT2D eigenvalue weighted by molar-refractivity contribution is 7.91. The maximum absolute atomic E-state index is 11.4. The summed E-state index contributed by atoms with van der Waals surface area (Å²) in [6, 6.07) is 0. The molecule has 0 aromatic heterocycles. The molecule has 1 atom stereocenters. The molecule has 5 heteroatoms. The zero-order valence-corrected chi connectivity index (χ0v) is 13.4. The van der Waals surface area contributed by atoms with Crippen LogP contribution in [-0.2, 0) is 9.84 Å². The fourth-order valence-corrected chi connectivity index (χ4v) is 3.57. The van der Waals surface area contributed by atoms with E-state index in [9.17, 15) is 13.5 Å². The van der Waals surface area contributed by atoms with Crippen LogP contribution in [0.1, 0.15) is 52.9 Å². The quantitative estimate of drug-likeness (QED) is 0.777. The van der Waals surface area contributed by atoms with Crippen molar-refractivity contribution in [3.05, 3.63) is 0 Å². The van der Waals surface area contributed by atoms with Crippen molar-refractivity contribution in [1.82, 2.24) is 4.90 Å². The van der Waals surface area contributed by atoms with Gasteiger partial charge in [-0.2, -0.15) is 0 Å². The second-order valence-electron chi connectivity index (χ2n) is 6.10. The summed E-state index contributed by atoms with van der Waals surface area (Å²) in [4.78, 5) is 2.34. The summed E-state index contributed by atoms with van der Waals surface area (Å²) in [6.45, 7) is 7.88. The van der Waals surface area contributed by atoms with E-state index in [1.165, 1.54) is 19.3 Å². The van der Waals surface area contributed by atoms with Crippen molar-refractivity contribution < 1.29 is 13.5 Å². The third-order valence-corrected chi connectivity index (χ3v) is 6.15. The molecular weight excluding hydrogens is 262 g/mol. The monoisotopic (exact) mass is 291 g/mol. The maximum atomic E-state index is 11.4. The lowest BCUT2D eigenvalue weighted by Gasteiger charge is -2.44. The van der Waals surface area contributed by atoms with Crippen LogP contribution in [-0.4, -0.2) is 54.7 Å². The number of hydrogen-bond donors (Lipinski definition) is 1. The summed E-state index contributed by atoms with van der Waals surface area (Å²) in [7, 11) is -2.91. The molecule has 1 fully saturated rings. The summed E-state index contributed by atoms with van der Waals surface area (Å²) in [6.07, 6.45) is 4.31. The Kier molecular flexibility index (Phi) is 6.27. The molecule has 1 aliphatic heterocycles. The molecule has 1 N–H and O–H groups in total. The van der Waals surface area contributed by atoms with E-state index in [1.54, 1.807) is 6.92 Å². The molecule has 114 valence electrons. The summed E-state index contributed by atoms with van der Waals surface area (Å²) >= 11 is 0. The second-order valence-corrected chi connectivity index (χ2v) is 8.57. The third-order valence-electron chi connectivity index (χ3n) is 4.36. The second kappa shape index (κ2) is 7.04. The molecule has 0 aliphatic carbocycles. The van der Waals surface area contributed by atoms with Crippen LogP contribution in [0.15, 0.2) is 0 Å². The Labute approximate surface area is 118 Å². The zero-order valence-electron chi connectivity index (χ0n) is 12.6. The molecular formula is C14H29NO3S. The van der Waals surface area contributed by atoms with Gasteiger partial charge in [0.1, 0.15) is 9.84 Å². The highest BCUT2D eigenvalue weighted by Crippen LogP contribution is 2.26. The average molecular weight is 291 g/mol. The fraction of sp³-hybridized carbons (Fsp3) is 1.00. The molecule has 1 rings (SSSR count). The van der Waals surface area contributed by atoms with Gasteiger partial charge in [0.05, 0.1) is 11.9 Å². The average Bonchev–Trinajstić information content (AvgIpc) is 2.39. The minimum absolute atomic E-state index is 0.191. The normalized spacial score (nSPS) is 20.4. The number of nitrogens with zero attached hydrogens (tertiary/aromatic N) is 1. The van der Waals surface area contributed by atoms with Gasteiger partial charge in [0.25, 0.3) is 0 Å². The van der Waals surface area contributed by atoms with Crippen LogP contribution in [0.4, 0.5) is 0 Å². The molecule has 1 aliphatic rings. The summed E-state index contributed by atoms with van der Waals surface area (Å²) in [5.74, 6) is 0.384. The number of rotatable bonds is 7. The highest BCUT2D eigenvalue weighted by Gasteiger charge is 2.34. The van der Waals surface area contributed by atoms with E-state index < -0.39 is 15.9 Å². The Hall–Kier alpha value is -0.130. The first-order valence-electron chi connectivity index (χ1n) is 7.43. The molecule has 1 unspecified atom stereocenters. The molecule has 1 heterocycles. The van der Waals surface area contributed by atoms with Crippen molar-refractivity contribution in [2.24, 2.45) is 0 Å². The van der Waals surface area contributed by atoms with Crippen LogP contribution in [0.25, 0.3) is 0 Å². The lowest BCUT2D eigenvalue weighted by molar-refractivity contribution is -0.0232. The molecule has 19 heavy (non-hydrogen) atoms. The first-order chi connectivity index (χ1) is 8.79. The van der Waals surface area contributed by atoms with Gasteiger partial charge in [0.2, 0.25) is 0 Å². The molecule has 0 radical (unpaired) electrons. The van der Waals surface area contributed by atoms with Crippen molar-refractivity contribution in [2.45, 2.75) is 64.5 Å². The van der Waals surface area contributed by atoms with Crippen LogP contribution >= 0.6 is 0 Å². The van der Waals surface area contributed by atoms with Crippen LogP contribution in [0.3, 0.4) is 0 Å². The van der Waals surface area contributed by atoms with E-state index in [4.69, 9.17) is 0 Å². The number of aliphatic hydroxyl groups excluding tert-OH is 1. The lowest BCUT2D eigenvalue weighted by atomic mass is 9.90. The van der Waals surface area contributed by atoms with Crippen LogP contribution < -0.4 is 0 Å². The first kappa shape index (κ1) is 16.9. The van der Waals surface area contributed by atoms with Gasteiger partial charge in [0, 0.05) is 11.3 Å². The Morgan fingerprint density at radius 1 is 1.21 bits per heavy atom. The minimum atomic E-state index is -2.91. The van der Waals surface area contributed by atoms with E-state index in [0.717, 1.165) is 13.1 Å². The Balaban J connectivity index is 2.44. The molecule has 0 aromatic carbocycles. The SMILES string of the molecule is CCS(=O)(=O)CCCC(O)C(C)(C)N1CCCCC1. The molecule has 0 saturated carbocycles. The Morgan fingerprint density at radius 3 is 2.32 bits per heavy atom. The van der Waals surface area contributed by atoms with Crippen molar-refractivity contribution in [3.8, 4) is 0 Å². The van der Waals surface area contributed by atoms with Crippen molar-refractivity contribution in [3.63, 3.8) is 0 Å². The van der Waals surface area contributed by atoms with Gasteiger partial charge in [-0.1, -0.05) is 13.3 Å². The first-order valence-corrected chi connectivity index (χ1v) is 9.25. The standard InChI is InChI=1S/C14H29NO3S/c1-4-19(17,18)12-8-9-13(16)14(2,3)15-10-6-5-7-11-15/h13,16H,4-12H2,1-3H3. The van der Waals surface area contributed by atoms with E-state index in [-0.39, 0.29) is 17.0 Å². The van der Waals surface area contributed by atoms with Crippen molar-refractivity contribution in [2.75, 3.05) is 24.6 Å². The number of aliphatic hydroxyl groups is 1. The zero-order chi connectivity index (χ0) is 14.5. The molecule has 0 spiro atoms. The third kappa shape index (κ3) is 5.04. The van der Waals surface area contributed by atoms with E-state index >= 15 is 0 Å². The van der Waals surface area contributed by atoms with Gasteiger partial charge in [0.15, 0.2) is 0 Å². The predicted octanol–water partition coefficient (Wildman–Crippen LogP) is 1.83. The predicted molar refractivity (Wildman–Crippen MR) is 79.1 cm³/mol. The van der Waals surface area contributed by atoms with Crippen LogP contribution in [0, 0.1) is 0 Å². The lowest BCUT2D eigenvalue weighted by Crippen LogP contribution is -2.54. The molecule has 0 amide bonds. The van der Waals surface area contributed by atoms with Gasteiger partial charge in [-0.05, 0) is 52.6 Å². The van der Waals surface area contributed by atoms with Crippen LogP contribution in [0.2, 0.25) is 0 Å². The van der Waals surface area contributed by atoms with Gasteiger partial charge in [-0.15, -0.1) is 0 Å². The molecule has 0 aromatic rings. The van der Waals surface area contributed by atoms with Crippen LogP contribution in [0.5, 0.6) is 0 Å². The summed E-state index contributed by atoms with van der Waals surface area (Å²) < 4.78 is 22.9. The smallest absolute Gasteiger partial charge is 0.150 e. The summed E-state index contributed by atoms with van der Waals surface area (Å²) in [5.41, 5.74) is -0.254. The topological polar surface area (TPSA) is 57.6 Å². The molecule has 1 saturated heterocycles. The van der Waals surface area contributed by atoms with Crippen molar-refractivity contribution >= 4 is 9.84 Å². The Morgan fingerprint density at radius 2 is 1.79 bits per heavy atom. The minimum Gasteiger partial charge on any atom is -0.391 e. The van der Waals surface area contributed by atoms with Gasteiger partial charge >= 0.3 is 0 Å². The fourth-order valence-electron chi connectivity index (χ4n) is 2.68. The largest absolute Gasteiger partial charge is 0.391 e. The van der Waals surface area contributed by atoms with Gasteiger partial charge in [-0.3, -0.25) is 4.90 Å². The van der Waals surface area contributed by atoms with E-state index in [1.807, 2.05) is 0 Å². The number of sulfone groups is 1. The number of hydrogen-bond acceptors (Lipinski definition) is 4. The van der Waals surface area contributed by atoms with E-state index in [2.05, 4.69) is 18.7 Å². The highest BCUT2D eigenvalue weighted by atomic mass is 32.2. The van der Waals surface area contributed by atoms with Crippen molar-refractivity contribution in [1.29, 1.82) is 0 Å². The molecule has 0 bridgehead atoms. The maximum Gasteiger partial charge on any atom is 0.150 e. The number of piperidine rings is 1. The molecule has 4 nitrogen and oxygen atoms in total.